The zero-order valence-electron chi connectivity index (χ0n) is 11.3. The molecule has 2 rings (SSSR count). The number of rotatable bonds is 5. The van der Waals surface area contributed by atoms with Crippen molar-refractivity contribution in [1.82, 2.24) is 5.32 Å². The van der Waals surface area contributed by atoms with Crippen LogP contribution in [-0.2, 0) is 9.53 Å². The molecule has 0 aromatic heterocycles. The molecule has 0 heterocycles. The number of hydrogen-bond acceptors (Lipinski definition) is 2. The van der Waals surface area contributed by atoms with Gasteiger partial charge in [0.25, 0.3) is 0 Å². The van der Waals surface area contributed by atoms with Crippen LogP contribution in [0, 0.1) is 0 Å². The topological polar surface area (TPSA) is 38.3 Å². The van der Waals surface area contributed by atoms with Gasteiger partial charge >= 0.3 is 0 Å². The van der Waals surface area contributed by atoms with Gasteiger partial charge in [0.05, 0.1) is 6.04 Å². The fourth-order valence-corrected chi connectivity index (χ4v) is 2.18. The summed E-state index contributed by atoms with van der Waals surface area (Å²) in [6, 6.07) is 14.3. The quantitative estimate of drug-likeness (QED) is 0.894. The third kappa shape index (κ3) is 3.32. The summed E-state index contributed by atoms with van der Waals surface area (Å²) in [5, 5.41) is 5.32. The molecule has 0 bridgehead atoms. The standard InChI is InChI=1S/C16H19NO2/c1-3-19-11-16(18)17-12(2)14-10-6-8-13-7-4-5-9-15(13)14/h4-10,12H,3,11H2,1-2H3,(H,17,18)/t12-/m1/s1. The summed E-state index contributed by atoms with van der Waals surface area (Å²) in [6.45, 7) is 4.54. The molecule has 1 N–H and O–H groups in total. The van der Waals surface area contributed by atoms with Crippen LogP contribution in [0.4, 0.5) is 0 Å². The minimum absolute atomic E-state index is 0.0287. The Bertz CT molecular complexity index is 560. The van der Waals surface area contributed by atoms with Crippen LogP contribution in [0.1, 0.15) is 25.5 Å². The molecular weight excluding hydrogens is 238 g/mol. The summed E-state index contributed by atoms with van der Waals surface area (Å²) >= 11 is 0. The highest BCUT2D eigenvalue weighted by Gasteiger charge is 2.11. The first-order valence-corrected chi connectivity index (χ1v) is 6.57. The van der Waals surface area contributed by atoms with E-state index in [2.05, 4.69) is 23.5 Å². The van der Waals surface area contributed by atoms with Crippen LogP contribution >= 0.6 is 0 Å². The Kier molecular flexibility index (Phi) is 4.53. The van der Waals surface area contributed by atoms with Crippen molar-refractivity contribution in [3.05, 3.63) is 48.0 Å². The number of amides is 1. The maximum Gasteiger partial charge on any atom is 0.246 e. The Labute approximate surface area is 113 Å². The highest BCUT2D eigenvalue weighted by Crippen LogP contribution is 2.23. The van der Waals surface area contributed by atoms with Gasteiger partial charge in [0, 0.05) is 6.61 Å². The van der Waals surface area contributed by atoms with Gasteiger partial charge < -0.3 is 10.1 Å². The van der Waals surface area contributed by atoms with Gasteiger partial charge in [0.15, 0.2) is 0 Å². The van der Waals surface area contributed by atoms with Crippen LogP contribution in [0.15, 0.2) is 42.5 Å². The monoisotopic (exact) mass is 257 g/mol. The van der Waals surface area contributed by atoms with Gasteiger partial charge in [0.2, 0.25) is 5.91 Å². The summed E-state index contributed by atoms with van der Waals surface area (Å²) in [4.78, 5) is 11.7. The Morgan fingerprint density at radius 1 is 1.21 bits per heavy atom. The van der Waals surface area contributed by atoms with Gasteiger partial charge in [-0.05, 0) is 30.2 Å². The number of hydrogen-bond donors (Lipinski definition) is 1. The first-order chi connectivity index (χ1) is 9.22. The van der Waals surface area contributed by atoms with Crippen molar-refractivity contribution in [2.45, 2.75) is 19.9 Å². The van der Waals surface area contributed by atoms with Crippen molar-refractivity contribution in [3.8, 4) is 0 Å². The Morgan fingerprint density at radius 3 is 2.74 bits per heavy atom. The van der Waals surface area contributed by atoms with Crippen molar-refractivity contribution in [3.63, 3.8) is 0 Å². The van der Waals surface area contributed by atoms with Crippen molar-refractivity contribution < 1.29 is 9.53 Å². The molecule has 0 aliphatic carbocycles. The molecule has 3 heteroatoms. The van der Waals surface area contributed by atoms with Crippen LogP contribution in [-0.4, -0.2) is 19.1 Å². The normalized spacial score (nSPS) is 12.3. The number of carbonyl (C=O) groups excluding carboxylic acids is 1. The molecule has 0 radical (unpaired) electrons. The zero-order chi connectivity index (χ0) is 13.7. The zero-order valence-corrected chi connectivity index (χ0v) is 11.3. The molecule has 0 aliphatic rings. The molecule has 2 aromatic carbocycles. The summed E-state index contributed by atoms with van der Waals surface area (Å²) in [6.07, 6.45) is 0. The van der Waals surface area contributed by atoms with Crippen molar-refractivity contribution >= 4 is 16.7 Å². The van der Waals surface area contributed by atoms with E-state index in [1.54, 1.807) is 0 Å². The maximum atomic E-state index is 11.7. The number of nitrogens with one attached hydrogen (secondary N) is 1. The molecular formula is C16H19NO2. The van der Waals surface area contributed by atoms with Crippen LogP contribution in [0.3, 0.4) is 0 Å². The average Bonchev–Trinajstić information content (AvgIpc) is 2.44. The predicted molar refractivity (Wildman–Crippen MR) is 77.0 cm³/mol. The van der Waals surface area contributed by atoms with Gasteiger partial charge in [0.1, 0.15) is 6.61 Å². The van der Waals surface area contributed by atoms with Crippen LogP contribution in [0.2, 0.25) is 0 Å². The molecule has 0 spiro atoms. The lowest BCUT2D eigenvalue weighted by molar-refractivity contribution is -0.126. The average molecular weight is 257 g/mol. The molecule has 0 unspecified atom stereocenters. The van der Waals surface area contributed by atoms with Crippen molar-refractivity contribution in [2.24, 2.45) is 0 Å². The van der Waals surface area contributed by atoms with E-state index in [9.17, 15) is 4.79 Å². The maximum absolute atomic E-state index is 11.7. The lowest BCUT2D eigenvalue weighted by Gasteiger charge is -2.16. The minimum atomic E-state index is -0.0812. The van der Waals surface area contributed by atoms with E-state index < -0.39 is 0 Å². The van der Waals surface area contributed by atoms with Crippen LogP contribution in [0.25, 0.3) is 10.8 Å². The van der Waals surface area contributed by atoms with Crippen LogP contribution < -0.4 is 5.32 Å². The lowest BCUT2D eigenvalue weighted by atomic mass is 10.00. The molecule has 0 fully saturated rings. The molecule has 1 atom stereocenters. The van der Waals surface area contributed by atoms with Gasteiger partial charge in [-0.1, -0.05) is 42.5 Å². The minimum Gasteiger partial charge on any atom is -0.372 e. The molecule has 3 nitrogen and oxygen atoms in total. The molecule has 0 aliphatic heterocycles. The largest absolute Gasteiger partial charge is 0.372 e. The molecule has 0 saturated heterocycles. The lowest BCUT2D eigenvalue weighted by Crippen LogP contribution is -2.30. The number of fused-ring (bicyclic) bond motifs is 1. The highest BCUT2D eigenvalue weighted by atomic mass is 16.5. The Hall–Kier alpha value is -1.87. The Balaban J connectivity index is 2.17. The second-order valence-corrected chi connectivity index (χ2v) is 4.49. The summed E-state index contributed by atoms with van der Waals surface area (Å²) in [7, 11) is 0. The molecule has 19 heavy (non-hydrogen) atoms. The molecule has 2 aromatic rings. The smallest absolute Gasteiger partial charge is 0.246 e. The first kappa shape index (κ1) is 13.6. The summed E-state index contributed by atoms with van der Waals surface area (Å²) < 4.78 is 5.11. The van der Waals surface area contributed by atoms with E-state index in [1.165, 1.54) is 10.8 Å². The number of benzene rings is 2. The summed E-state index contributed by atoms with van der Waals surface area (Å²) in [5.41, 5.74) is 1.13. The van der Waals surface area contributed by atoms with Gasteiger partial charge in [-0.2, -0.15) is 0 Å². The summed E-state index contributed by atoms with van der Waals surface area (Å²) in [5.74, 6) is -0.0812. The predicted octanol–water partition coefficient (Wildman–Crippen LogP) is 3.05. The van der Waals surface area contributed by atoms with E-state index in [-0.39, 0.29) is 18.6 Å². The van der Waals surface area contributed by atoms with Gasteiger partial charge in [-0.25, -0.2) is 0 Å². The van der Waals surface area contributed by atoms with E-state index in [4.69, 9.17) is 4.74 Å². The molecule has 0 saturated carbocycles. The molecule has 1 amide bonds. The SMILES string of the molecule is CCOCC(=O)N[C@H](C)c1cccc2ccccc12. The second-order valence-electron chi connectivity index (χ2n) is 4.49. The van der Waals surface area contributed by atoms with E-state index in [1.807, 2.05) is 38.1 Å². The van der Waals surface area contributed by atoms with Crippen molar-refractivity contribution in [1.29, 1.82) is 0 Å². The fourth-order valence-electron chi connectivity index (χ4n) is 2.18. The third-order valence-electron chi connectivity index (χ3n) is 3.10. The van der Waals surface area contributed by atoms with Crippen molar-refractivity contribution in [2.75, 3.05) is 13.2 Å². The van der Waals surface area contributed by atoms with E-state index in [0.29, 0.717) is 6.61 Å². The third-order valence-corrected chi connectivity index (χ3v) is 3.10. The second kappa shape index (κ2) is 6.34. The first-order valence-electron chi connectivity index (χ1n) is 6.57. The van der Waals surface area contributed by atoms with E-state index >= 15 is 0 Å². The fraction of sp³-hybridized carbons (Fsp3) is 0.312. The van der Waals surface area contributed by atoms with Crippen LogP contribution in [0.5, 0.6) is 0 Å². The Morgan fingerprint density at radius 2 is 1.95 bits per heavy atom. The highest BCUT2D eigenvalue weighted by molar-refractivity contribution is 5.87. The van der Waals surface area contributed by atoms with E-state index in [0.717, 1.165) is 5.56 Å². The van der Waals surface area contributed by atoms with Gasteiger partial charge in [-0.3, -0.25) is 4.79 Å². The number of carbonyl (C=O) groups is 1. The molecule has 100 valence electrons. The van der Waals surface area contributed by atoms with Gasteiger partial charge in [-0.15, -0.1) is 0 Å². The number of ether oxygens (including phenoxy) is 1.